The highest BCUT2D eigenvalue weighted by atomic mass is 16.2. The van der Waals surface area contributed by atoms with Crippen molar-refractivity contribution in [2.24, 2.45) is 0 Å². The second-order valence-corrected chi connectivity index (χ2v) is 6.01. The lowest BCUT2D eigenvalue weighted by molar-refractivity contribution is 0.102. The average molecular weight is 355 g/mol. The monoisotopic (exact) mass is 355 g/mol. The van der Waals surface area contributed by atoms with Crippen LogP contribution in [0, 0.1) is 0 Å². The number of nitrogens with one attached hydrogen (secondary N) is 2. The highest BCUT2D eigenvalue weighted by Gasteiger charge is 2.22. The second-order valence-electron chi connectivity index (χ2n) is 6.01. The van der Waals surface area contributed by atoms with Crippen molar-refractivity contribution in [2.45, 2.75) is 0 Å². The van der Waals surface area contributed by atoms with Crippen molar-refractivity contribution in [1.29, 1.82) is 0 Å². The summed E-state index contributed by atoms with van der Waals surface area (Å²) in [6.07, 6.45) is 0. The number of aromatic nitrogens is 2. The van der Waals surface area contributed by atoms with Gasteiger partial charge in [-0.15, -0.1) is 0 Å². The zero-order valence-electron chi connectivity index (χ0n) is 14.4. The molecule has 5 heteroatoms. The minimum atomic E-state index is -0.369. The number of hydrogen-bond acceptors (Lipinski definition) is 2. The molecule has 0 unspecified atom stereocenters. The molecule has 3 aromatic carbocycles. The number of H-pyrrole nitrogens is 1. The first kappa shape index (κ1) is 16.6. The fourth-order valence-electron chi connectivity index (χ4n) is 3.01. The van der Waals surface area contributed by atoms with Crippen LogP contribution in [0.4, 0.5) is 5.69 Å². The molecule has 0 bridgehead atoms. The Labute approximate surface area is 155 Å². The van der Waals surface area contributed by atoms with E-state index < -0.39 is 0 Å². The molecule has 0 aliphatic rings. The number of benzene rings is 3. The van der Waals surface area contributed by atoms with E-state index in [9.17, 15) is 9.59 Å². The van der Waals surface area contributed by atoms with E-state index in [1.807, 2.05) is 78.9 Å². The molecule has 4 rings (SSSR count). The Hall–Kier alpha value is -3.86. The van der Waals surface area contributed by atoms with Crippen LogP contribution >= 0.6 is 0 Å². The lowest BCUT2D eigenvalue weighted by Gasteiger charge is -2.10. The van der Waals surface area contributed by atoms with E-state index in [2.05, 4.69) is 10.3 Å². The minimum absolute atomic E-state index is 0.221. The number of carbonyl (C=O) groups excluding carboxylic acids is 1. The molecule has 0 saturated heterocycles. The maximum atomic E-state index is 12.9. The van der Waals surface area contributed by atoms with E-state index in [0.29, 0.717) is 17.1 Å². The molecular formula is C22H17N3O2. The molecule has 1 heterocycles. The summed E-state index contributed by atoms with van der Waals surface area (Å²) < 4.78 is 1.52. The van der Waals surface area contributed by atoms with Gasteiger partial charge in [0.25, 0.3) is 5.91 Å². The van der Waals surface area contributed by atoms with Gasteiger partial charge in [0, 0.05) is 11.3 Å². The van der Waals surface area contributed by atoms with Gasteiger partial charge in [0.05, 0.1) is 11.4 Å². The van der Waals surface area contributed by atoms with Gasteiger partial charge in [0.2, 0.25) is 0 Å². The molecule has 0 saturated carbocycles. The number of amides is 1. The molecule has 4 aromatic rings. The van der Waals surface area contributed by atoms with Crippen molar-refractivity contribution in [1.82, 2.24) is 9.55 Å². The molecule has 0 atom stereocenters. The summed E-state index contributed by atoms with van der Waals surface area (Å²) in [5.41, 5.74) is 2.52. The molecule has 0 aliphatic heterocycles. The Morgan fingerprint density at radius 3 is 1.96 bits per heavy atom. The standard InChI is InChI=1S/C22H17N3O2/c26-21(23-17-12-6-2-7-13-17)19-20(16-10-4-1-5-11-16)25(22(27)24-19)18-14-8-3-9-15-18/h1-15H,(H,23,26)(H,24,27). The average Bonchev–Trinajstić information content (AvgIpc) is 3.07. The maximum absolute atomic E-state index is 12.9. The molecule has 0 spiro atoms. The highest BCUT2D eigenvalue weighted by molar-refractivity contribution is 6.07. The van der Waals surface area contributed by atoms with Crippen LogP contribution in [0.2, 0.25) is 0 Å². The first-order chi connectivity index (χ1) is 13.2. The Kier molecular flexibility index (Phi) is 4.41. The fourth-order valence-corrected chi connectivity index (χ4v) is 3.01. The van der Waals surface area contributed by atoms with Crippen molar-refractivity contribution in [3.05, 3.63) is 107 Å². The first-order valence-corrected chi connectivity index (χ1v) is 8.56. The Bertz CT molecular complexity index is 1110. The van der Waals surface area contributed by atoms with E-state index in [-0.39, 0.29) is 17.3 Å². The Balaban J connectivity index is 1.87. The van der Waals surface area contributed by atoms with Crippen LogP contribution in [0.3, 0.4) is 0 Å². The lowest BCUT2D eigenvalue weighted by atomic mass is 10.1. The van der Waals surface area contributed by atoms with Crippen molar-refractivity contribution in [2.75, 3.05) is 5.32 Å². The number of aromatic amines is 1. The number of hydrogen-bond donors (Lipinski definition) is 2. The fraction of sp³-hybridized carbons (Fsp3) is 0. The molecule has 0 fully saturated rings. The third-order valence-corrected chi connectivity index (χ3v) is 4.22. The van der Waals surface area contributed by atoms with Gasteiger partial charge in [-0.05, 0) is 24.3 Å². The summed E-state index contributed by atoms with van der Waals surface area (Å²) in [5, 5.41) is 2.84. The number of anilines is 1. The number of imidazole rings is 1. The van der Waals surface area contributed by atoms with Gasteiger partial charge < -0.3 is 10.3 Å². The topological polar surface area (TPSA) is 66.9 Å². The third kappa shape index (κ3) is 3.30. The van der Waals surface area contributed by atoms with E-state index in [0.717, 1.165) is 5.56 Å². The van der Waals surface area contributed by atoms with Gasteiger partial charge in [-0.2, -0.15) is 0 Å². The van der Waals surface area contributed by atoms with Crippen molar-refractivity contribution < 1.29 is 4.79 Å². The molecule has 1 amide bonds. The summed E-state index contributed by atoms with van der Waals surface area (Å²) in [5.74, 6) is -0.369. The Morgan fingerprint density at radius 1 is 0.778 bits per heavy atom. The predicted octanol–water partition coefficient (Wildman–Crippen LogP) is 4.08. The molecular weight excluding hydrogens is 338 g/mol. The van der Waals surface area contributed by atoms with E-state index >= 15 is 0 Å². The first-order valence-electron chi connectivity index (χ1n) is 8.56. The second kappa shape index (κ2) is 7.17. The van der Waals surface area contributed by atoms with Gasteiger partial charge in [0.15, 0.2) is 0 Å². The molecule has 1 aromatic heterocycles. The smallest absolute Gasteiger partial charge is 0.321 e. The van der Waals surface area contributed by atoms with Crippen molar-refractivity contribution in [3.8, 4) is 16.9 Å². The van der Waals surface area contributed by atoms with Gasteiger partial charge >= 0.3 is 5.69 Å². The summed E-state index contributed by atoms with van der Waals surface area (Å²) in [4.78, 5) is 28.4. The Morgan fingerprint density at radius 2 is 1.33 bits per heavy atom. The molecule has 2 N–H and O–H groups in total. The zero-order chi connectivity index (χ0) is 18.6. The molecule has 0 radical (unpaired) electrons. The van der Waals surface area contributed by atoms with Gasteiger partial charge in [-0.1, -0.05) is 66.7 Å². The van der Waals surface area contributed by atoms with Gasteiger partial charge in [-0.3, -0.25) is 9.36 Å². The summed E-state index contributed by atoms with van der Waals surface area (Å²) in [7, 11) is 0. The predicted molar refractivity (Wildman–Crippen MR) is 106 cm³/mol. The molecule has 0 aliphatic carbocycles. The summed E-state index contributed by atoms with van der Waals surface area (Å²) >= 11 is 0. The van der Waals surface area contributed by atoms with Crippen molar-refractivity contribution in [3.63, 3.8) is 0 Å². The maximum Gasteiger partial charge on any atom is 0.331 e. The van der Waals surface area contributed by atoms with Crippen LogP contribution < -0.4 is 11.0 Å². The molecule has 5 nitrogen and oxygen atoms in total. The zero-order valence-corrected chi connectivity index (χ0v) is 14.4. The van der Waals surface area contributed by atoms with Crippen LogP contribution in [0.5, 0.6) is 0 Å². The minimum Gasteiger partial charge on any atom is -0.321 e. The normalized spacial score (nSPS) is 10.5. The number of para-hydroxylation sites is 2. The summed E-state index contributed by atoms with van der Waals surface area (Å²) in [6, 6.07) is 27.8. The number of rotatable bonds is 4. The molecule has 27 heavy (non-hydrogen) atoms. The van der Waals surface area contributed by atoms with Crippen LogP contribution in [0.1, 0.15) is 10.5 Å². The van der Waals surface area contributed by atoms with Crippen LogP contribution in [0.15, 0.2) is 95.8 Å². The lowest BCUT2D eigenvalue weighted by Crippen LogP contribution is -2.15. The highest BCUT2D eigenvalue weighted by Crippen LogP contribution is 2.25. The number of carbonyl (C=O) groups is 1. The number of nitrogens with zero attached hydrogens (tertiary/aromatic N) is 1. The quantitative estimate of drug-likeness (QED) is 0.579. The SMILES string of the molecule is O=C(Nc1ccccc1)c1[nH]c(=O)n(-c2ccccc2)c1-c1ccccc1. The van der Waals surface area contributed by atoms with Gasteiger partial charge in [0.1, 0.15) is 5.69 Å². The third-order valence-electron chi connectivity index (χ3n) is 4.22. The molecule has 132 valence electrons. The summed E-state index contributed by atoms with van der Waals surface area (Å²) in [6.45, 7) is 0. The van der Waals surface area contributed by atoms with Gasteiger partial charge in [-0.25, -0.2) is 4.79 Å². The van der Waals surface area contributed by atoms with E-state index in [1.165, 1.54) is 4.57 Å². The van der Waals surface area contributed by atoms with Crippen LogP contribution in [-0.2, 0) is 0 Å². The van der Waals surface area contributed by atoms with Crippen molar-refractivity contribution >= 4 is 11.6 Å². The van der Waals surface area contributed by atoms with Crippen LogP contribution in [0.25, 0.3) is 16.9 Å². The van der Waals surface area contributed by atoms with E-state index in [1.54, 1.807) is 12.1 Å². The van der Waals surface area contributed by atoms with Crippen LogP contribution in [-0.4, -0.2) is 15.5 Å². The largest absolute Gasteiger partial charge is 0.331 e. The van der Waals surface area contributed by atoms with E-state index in [4.69, 9.17) is 0 Å².